The molecule has 178 valence electrons. The van der Waals surface area contributed by atoms with E-state index in [9.17, 15) is 9.59 Å². The monoisotopic (exact) mass is 467 g/mol. The van der Waals surface area contributed by atoms with Gasteiger partial charge in [-0.2, -0.15) is 0 Å². The largest absolute Gasteiger partial charge is 0.495 e. The summed E-state index contributed by atoms with van der Waals surface area (Å²) in [6.45, 7) is 6.03. The predicted octanol–water partition coefficient (Wildman–Crippen LogP) is 5.31. The Morgan fingerprint density at radius 3 is 2.06 bits per heavy atom. The van der Waals surface area contributed by atoms with Crippen LogP contribution in [-0.4, -0.2) is 32.0 Å². The van der Waals surface area contributed by atoms with E-state index < -0.39 is 0 Å². The smallest absolute Gasteiger partial charge is 0.282 e. The molecule has 2 aliphatic heterocycles. The Kier molecular flexibility index (Phi) is 6.03. The number of anilines is 3. The minimum atomic E-state index is -0.386. The zero-order chi connectivity index (χ0) is 24.5. The summed E-state index contributed by atoms with van der Waals surface area (Å²) in [4.78, 5) is 31.0. The van der Waals surface area contributed by atoms with E-state index in [1.807, 2.05) is 80.6 Å². The van der Waals surface area contributed by atoms with Gasteiger partial charge >= 0.3 is 0 Å². The first-order valence-corrected chi connectivity index (χ1v) is 11.9. The zero-order valence-electron chi connectivity index (χ0n) is 20.3. The van der Waals surface area contributed by atoms with Crippen molar-refractivity contribution in [2.75, 3.05) is 35.3 Å². The number of rotatable bonds is 6. The third kappa shape index (κ3) is 4.28. The lowest BCUT2D eigenvalue weighted by Gasteiger charge is -2.20. The number of carbonyl (C=O) groups excluding carboxylic acids is 2. The van der Waals surface area contributed by atoms with Gasteiger partial charge in [0.15, 0.2) is 0 Å². The SMILES string of the molecule is COc1ccc(C)cc1NC1=C(c2ccc(C)cc2)C(=O)N(c2ccc(N3CCCC3)cc2)C1=O. The molecule has 1 fully saturated rings. The zero-order valence-corrected chi connectivity index (χ0v) is 20.3. The second-order valence-corrected chi connectivity index (χ2v) is 9.10. The van der Waals surface area contributed by atoms with Gasteiger partial charge < -0.3 is 15.0 Å². The molecule has 0 spiro atoms. The molecule has 1 N–H and O–H groups in total. The molecule has 0 saturated carbocycles. The Balaban J connectivity index is 1.55. The van der Waals surface area contributed by atoms with E-state index >= 15 is 0 Å². The Bertz CT molecular complexity index is 1300. The Hall–Kier alpha value is -4.06. The van der Waals surface area contributed by atoms with Crippen LogP contribution in [0.3, 0.4) is 0 Å². The second kappa shape index (κ2) is 9.29. The Morgan fingerprint density at radius 1 is 0.771 bits per heavy atom. The van der Waals surface area contributed by atoms with Crippen LogP contribution in [-0.2, 0) is 9.59 Å². The molecule has 0 atom stereocenters. The fourth-order valence-corrected chi connectivity index (χ4v) is 4.71. The van der Waals surface area contributed by atoms with Crippen LogP contribution in [0.15, 0.2) is 72.4 Å². The van der Waals surface area contributed by atoms with Gasteiger partial charge in [0.25, 0.3) is 11.8 Å². The van der Waals surface area contributed by atoms with Crippen molar-refractivity contribution in [2.24, 2.45) is 0 Å². The van der Waals surface area contributed by atoms with E-state index in [2.05, 4.69) is 10.2 Å². The fourth-order valence-electron chi connectivity index (χ4n) is 4.71. The lowest BCUT2D eigenvalue weighted by atomic mass is 10.0. The number of carbonyl (C=O) groups is 2. The minimum absolute atomic E-state index is 0.242. The lowest BCUT2D eigenvalue weighted by molar-refractivity contribution is -0.120. The Labute approximate surface area is 205 Å². The summed E-state index contributed by atoms with van der Waals surface area (Å²) in [5, 5.41) is 3.23. The summed E-state index contributed by atoms with van der Waals surface area (Å²) < 4.78 is 5.50. The van der Waals surface area contributed by atoms with E-state index in [4.69, 9.17) is 4.74 Å². The normalized spacial score (nSPS) is 15.9. The van der Waals surface area contributed by atoms with Crippen LogP contribution in [0.2, 0.25) is 0 Å². The topological polar surface area (TPSA) is 61.9 Å². The summed E-state index contributed by atoms with van der Waals surface area (Å²) in [5.74, 6) is -0.134. The van der Waals surface area contributed by atoms with Crippen LogP contribution in [0.25, 0.3) is 5.57 Å². The number of nitrogens with zero attached hydrogens (tertiary/aromatic N) is 2. The number of hydrogen-bond acceptors (Lipinski definition) is 5. The molecule has 2 amide bonds. The third-order valence-electron chi connectivity index (χ3n) is 6.62. The van der Waals surface area contributed by atoms with E-state index in [1.165, 1.54) is 17.7 Å². The second-order valence-electron chi connectivity index (χ2n) is 9.10. The molecule has 6 heteroatoms. The number of aryl methyl sites for hydroxylation is 2. The summed E-state index contributed by atoms with van der Waals surface area (Å²) >= 11 is 0. The van der Waals surface area contributed by atoms with E-state index in [-0.39, 0.29) is 17.5 Å². The minimum Gasteiger partial charge on any atom is -0.495 e. The van der Waals surface area contributed by atoms with Crippen LogP contribution in [0, 0.1) is 13.8 Å². The molecule has 6 nitrogen and oxygen atoms in total. The number of methoxy groups -OCH3 is 1. The molecular weight excluding hydrogens is 438 g/mol. The highest BCUT2D eigenvalue weighted by Crippen LogP contribution is 2.36. The number of ether oxygens (including phenoxy) is 1. The lowest BCUT2D eigenvalue weighted by Crippen LogP contribution is -2.32. The number of hydrogen-bond donors (Lipinski definition) is 1. The molecule has 0 aliphatic carbocycles. The molecule has 35 heavy (non-hydrogen) atoms. The number of amides is 2. The van der Waals surface area contributed by atoms with Crippen molar-refractivity contribution in [1.82, 2.24) is 0 Å². The summed E-state index contributed by atoms with van der Waals surface area (Å²) in [7, 11) is 1.58. The van der Waals surface area contributed by atoms with Crippen LogP contribution < -0.4 is 19.9 Å². The van der Waals surface area contributed by atoms with Crippen molar-refractivity contribution in [3.8, 4) is 5.75 Å². The maximum Gasteiger partial charge on any atom is 0.282 e. The van der Waals surface area contributed by atoms with Crippen LogP contribution >= 0.6 is 0 Å². The highest BCUT2D eigenvalue weighted by molar-refractivity contribution is 6.46. The quantitative estimate of drug-likeness (QED) is 0.498. The molecular formula is C29H29N3O3. The maximum absolute atomic E-state index is 13.7. The molecule has 5 rings (SSSR count). The van der Waals surface area contributed by atoms with Crippen molar-refractivity contribution in [3.05, 3.63) is 89.1 Å². The molecule has 2 aliphatic rings. The molecule has 0 aromatic heterocycles. The Morgan fingerprint density at radius 2 is 1.40 bits per heavy atom. The van der Waals surface area contributed by atoms with Gasteiger partial charge in [0.1, 0.15) is 11.4 Å². The van der Waals surface area contributed by atoms with E-state index in [0.29, 0.717) is 28.3 Å². The number of benzene rings is 3. The average molecular weight is 468 g/mol. The molecule has 3 aromatic carbocycles. The van der Waals surface area contributed by atoms with Gasteiger partial charge in [-0.1, -0.05) is 35.9 Å². The van der Waals surface area contributed by atoms with E-state index in [0.717, 1.165) is 29.9 Å². The highest BCUT2D eigenvalue weighted by atomic mass is 16.5. The molecule has 0 bridgehead atoms. The third-order valence-corrected chi connectivity index (χ3v) is 6.62. The average Bonchev–Trinajstić information content (AvgIpc) is 3.48. The molecule has 0 unspecified atom stereocenters. The van der Waals surface area contributed by atoms with Gasteiger partial charge in [-0.3, -0.25) is 9.59 Å². The summed E-state index contributed by atoms with van der Waals surface area (Å²) in [6.07, 6.45) is 2.37. The van der Waals surface area contributed by atoms with Gasteiger partial charge in [0.2, 0.25) is 0 Å². The van der Waals surface area contributed by atoms with Crippen molar-refractivity contribution in [1.29, 1.82) is 0 Å². The van der Waals surface area contributed by atoms with Crippen LogP contribution in [0.5, 0.6) is 5.75 Å². The van der Waals surface area contributed by atoms with Gasteiger partial charge in [-0.25, -0.2) is 4.90 Å². The van der Waals surface area contributed by atoms with Crippen molar-refractivity contribution >= 4 is 34.4 Å². The van der Waals surface area contributed by atoms with Gasteiger partial charge in [0.05, 0.1) is 24.1 Å². The van der Waals surface area contributed by atoms with Gasteiger partial charge in [-0.05, 0) is 74.2 Å². The first kappa shape index (κ1) is 22.7. The van der Waals surface area contributed by atoms with Gasteiger partial charge in [-0.15, -0.1) is 0 Å². The summed E-state index contributed by atoms with van der Waals surface area (Å²) in [5.41, 5.74) is 5.68. The van der Waals surface area contributed by atoms with Gasteiger partial charge in [0, 0.05) is 18.8 Å². The van der Waals surface area contributed by atoms with Crippen LogP contribution in [0.4, 0.5) is 17.1 Å². The molecule has 0 radical (unpaired) electrons. The first-order chi connectivity index (χ1) is 17.0. The summed E-state index contributed by atoms with van der Waals surface area (Å²) in [6, 6.07) is 21.0. The van der Waals surface area contributed by atoms with Crippen molar-refractivity contribution < 1.29 is 14.3 Å². The van der Waals surface area contributed by atoms with Crippen molar-refractivity contribution in [2.45, 2.75) is 26.7 Å². The predicted molar refractivity (Wildman–Crippen MR) is 140 cm³/mol. The maximum atomic E-state index is 13.7. The van der Waals surface area contributed by atoms with Crippen LogP contribution in [0.1, 0.15) is 29.5 Å². The molecule has 3 aromatic rings. The first-order valence-electron chi connectivity index (χ1n) is 11.9. The molecule has 1 saturated heterocycles. The van der Waals surface area contributed by atoms with E-state index in [1.54, 1.807) is 7.11 Å². The number of imide groups is 1. The highest BCUT2D eigenvalue weighted by Gasteiger charge is 2.40. The number of nitrogens with one attached hydrogen (secondary N) is 1. The molecule has 2 heterocycles. The fraction of sp³-hybridized carbons (Fsp3) is 0.241. The van der Waals surface area contributed by atoms with Crippen molar-refractivity contribution in [3.63, 3.8) is 0 Å². The standard InChI is InChI=1S/C29H29N3O3/c1-19-6-9-21(10-7-19)26-27(30-24-18-20(2)8-15-25(24)35-3)29(34)32(28(26)33)23-13-11-22(12-14-23)31-16-4-5-17-31/h6-15,18,30H,4-5,16-17H2,1-3H3.